The van der Waals surface area contributed by atoms with Crippen molar-refractivity contribution in [1.82, 2.24) is 0 Å². The molecule has 3 heteroatoms. The van der Waals surface area contributed by atoms with Crippen molar-refractivity contribution < 1.29 is 9.90 Å². The highest BCUT2D eigenvalue weighted by Crippen LogP contribution is 2.40. The smallest absolute Gasteiger partial charge is 0.313 e. The molecule has 76 valence electrons. The normalized spacial score (nSPS) is 14.8. The standard InChI is InChI=1S/C9H10.C2H4O2S/c1-9(2)7-4-3-5-8(9)6-7;3-2(4)1-5/h3-6H,1-2H3;5H,1H2,(H,3,4). The van der Waals surface area contributed by atoms with Crippen molar-refractivity contribution in [1.29, 1.82) is 0 Å². The van der Waals surface area contributed by atoms with Crippen molar-refractivity contribution >= 4 is 18.6 Å². The fourth-order valence-corrected chi connectivity index (χ4v) is 1.39. The first kappa shape index (κ1) is 11.1. The van der Waals surface area contributed by atoms with E-state index in [2.05, 4.69) is 50.7 Å². The molecule has 2 bridgehead atoms. The van der Waals surface area contributed by atoms with Crippen LogP contribution in [0.2, 0.25) is 0 Å². The molecule has 3 rings (SSSR count). The van der Waals surface area contributed by atoms with Gasteiger partial charge in [0.25, 0.3) is 0 Å². The Morgan fingerprint density at radius 3 is 2.00 bits per heavy atom. The molecule has 0 aliphatic heterocycles. The van der Waals surface area contributed by atoms with Crippen LogP contribution in [-0.2, 0) is 10.2 Å². The molecule has 0 aromatic heterocycles. The van der Waals surface area contributed by atoms with Crippen molar-refractivity contribution in [2.24, 2.45) is 0 Å². The Morgan fingerprint density at radius 1 is 1.43 bits per heavy atom. The zero-order valence-corrected chi connectivity index (χ0v) is 9.21. The average Bonchev–Trinajstić information content (AvgIpc) is 2.19. The monoisotopic (exact) mass is 210 g/mol. The van der Waals surface area contributed by atoms with Crippen molar-refractivity contribution in [3.05, 3.63) is 35.4 Å². The van der Waals surface area contributed by atoms with Crippen molar-refractivity contribution in [3.63, 3.8) is 0 Å². The summed E-state index contributed by atoms with van der Waals surface area (Å²) >= 11 is 3.42. The molecule has 2 aliphatic carbocycles. The summed E-state index contributed by atoms with van der Waals surface area (Å²) in [5.41, 5.74) is 3.31. The number of aliphatic carboxylic acids is 1. The second kappa shape index (κ2) is 4.05. The molecule has 14 heavy (non-hydrogen) atoms. The summed E-state index contributed by atoms with van der Waals surface area (Å²) in [6, 6.07) is 8.75. The third-order valence-corrected chi connectivity index (χ3v) is 2.71. The topological polar surface area (TPSA) is 37.3 Å². The molecule has 1 aromatic carbocycles. The van der Waals surface area contributed by atoms with Crippen molar-refractivity contribution in [2.45, 2.75) is 19.3 Å². The molecular formula is C11H14O2S. The van der Waals surface area contributed by atoms with Gasteiger partial charge < -0.3 is 5.11 Å². The van der Waals surface area contributed by atoms with Gasteiger partial charge in [0.1, 0.15) is 0 Å². The number of hydrogen-bond acceptors (Lipinski definition) is 2. The predicted molar refractivity (Wildman–Crippen MR) is 60.1 cm³/mol. The number of fused-ring (bicyclic) bond motifs is 2. The van der Waals surface area contributed by atoms with E-state index in [9.17, 15) is 4.79 Å². The van der Waals surface area contributed by atoms with E-state index in [0.29, 0.717) is 5.41 Å². The van der Waals surface area contributed by atoms with Crippen LogP contribution >= 0.6 is 12.6 Å². The van der Waals surface area contributed by atoms with Gasteiger partial charge in [0.2, 0.25) is 0 Å². The maximum Gasteiger partial charge on any atom is 0.313 e. The first-order valence-electron chi connectivity index (χ1n) is 4.42. The molecular weight excluding hydrogens is 196 g/mol. The van der Waals surface area contributed by atoms with Gasteiger partial charge >= 0.3 is 5.97 Å². The fraction of sp³-hybridized carbons (Fsp3) is 0.364. The summed E-state index contributed by atoms with van der Waals surface area (Å²) in [6.45, 7) is 4.52. The van der Waals surface area contributed by atoms with Gasteiger partial charge in [-0.2, -0.15) is 12.6 Å². The minimum atomic E-state index is -0.881. The molecule has 2 nitrogen and oxygen atoms in total. The van der Waals surface area contributed by atoms with E-state index in [0.717, 1.165) is 0 Å². The zero-order chi connectivity index (χ0) is 10.8. The number of benzene rings is 1. The van der Waals surface area contributed by atoms with Crippen LogP contribution in [0.3, 0.4) is 0 Å². The van der Waals surface area contributed by atoms with E-state index in [1.165, 1.54) is 11.1 Å². The Balaban J connectivity index is 0.000000171. The predicted octanol–water partition coefficient (Wildman–Crippen LogP) is 2.33. The second-order valence-electron chi connectivity index (χ2n) is 3.76. The largest absolute Gasteiger partial charge is 0.481 e. The molecule has 0 atom stereocenters. The number of carbonyl (C=O) groups is 1. The Bertz CT molecular complexity index is 316. The first-order chi connectivity index (χ1) is 6.48. The maximum atomic E-state index is 9.29. The van der Waals surface area contributed by atoms with E-state index in [1.54, 1.807) is 0 Å². The van der Waals surface area contributed by atoms with Crippen molar-refractivity contribution in [2.75, 3.05) is 5.75 Å². The van der Waals surface area contributed by atoms with E-state index in [1.807, 2.05) is 0 Å². The summed E-state index contributed by atoms with van der Waals surface area (Å²) < 4.78 is 0. The lowest BCUT2D eigenvalue weighted by molar-refractivity contribution is -0.133. The molecule has 0 radical (unpaired) electrons. The zero-order valence-electron chi connectivity index (χ0n) is 8.32. The highest BCUT2D eigenvalue weighted by atomic mass is 32.1. The molecule has 0 heterocycles. The van der Waals surface area contributed by atoms with Crippen LogP contribution in [0, 0.1) is 0 Å². The highest BCUT2D eigenvalue weighted by Gasteiger charge is 2.30. The van der Waals surface area contributed by atoms with Gasteiger partial charge in [-0.3, -0.25) is 4.79 Å². The van der Waals surface area contributed by atoms with Gasteiger partial charge in [-0.05, 0) is 11.1 Å². The molecule has 0 spiro atoms. The molecule has 0 saturated heterocycles. The second-order valence-corrected chi connectivity index (χ2v) is 4.07. The van der Waals surface area contributed by atoms with Crippen molar-refractivity contribution in [3.8, 4) is 0 Å². The van der Waals surface area contributed by atoms with Crippen LogP contribution in [0.25, 0.3) is 0 Å². The SMILES string of the molecule is CC1(C)c2cccc1c2.O=C(O)CS. The molecule has 0 fully saturated rings. The molecule has 0 amide bonds. The van der Waals surface area contributed by atoms with Crippen LogP contribution in [0.5, 0.6) is 0 Å². The summed E-state index contributed by atoms with van der Waals surface area (Å²) in [5.74, 6) is -0.965. The molecule has 2 aliphatic rings. The van der Waals surface area contributed by atoms with Crippen LogP contribution in [0.15, 0.2) is 24.3 Å². The number of rotatable bonds is 1. The lowest BCUT2D eigenvalue weighted by Gasteiger charge is -2.35. The maximum absolute atomic E-state index is 9.29. The van der Waals surface area contributed by atoms with Gasteiger partial charge in [-0.25, -0.2) is 0 Å². The van der Waals surface area contributed by atoms with Gasteiger partial charge in [0, 0.05) is 5.41 Å². The van der Waals surface area contributed by atoms with E-state index >= 15 is 0 Å². The van der Waals surface area contributed by atoms with Gasteiger partial charge in [0.05, 0.1) is 5.75 Å². The first-order valence-corrected chi connectivity index (χ1v) is 5.05. The highest BCUT2D eigenvalue weighted by molar-refractivity contribution is 7.81. The number of carboxylic acid groups (broad SMARTS) is 1. The average molecular weight is 210 g/mol. The Hall–Kier alpha value is -0.960. The van der Waals surface area contributed by atoms with E-state index in [-0.39, 0.29) is 5.75 Å². The summed E-state index contributed by atoms with van der Waals surface area (Å²) in [6.07, 6.45) is 0. The number of hydrogen-bond donors (Lipinski definition) is 2. The van der Waals surface area contributed by atoms with Gasteiger partial charge in [-0.15, -0.1) is 0 Å². The molecule has 1 aromatic rings. The quantitative estimate of drug-likeness (QED) is 0.698. The summed E-state index contributed by atoms with van der Waals surface area (Å²) in [5, 5.41) is 7.65. The van der Waals surface area contributed by atoms with Gasteiger partial charge in [-0.1, -0.05) is 38.1 Å². The minimum Gasteiger partial charge on any atom is -0.481 e. The fourth-order valence-electron chi connectivity index (χ4n) is 1.39. The summed E-state index contributed by atoms with van der Waals surface area (Å²) in [7, 11) is 0. The van der Waals surface area contributed by atoms with E-state index in [4.69, 9.17) is 5.11 Å². The van der Waals surface area contributed by atoms with Crippen LogP contribution in [-0.4, -0.2) is 16.8 Å². The number of carboxylic acids is 1. The minimum absolute atomic E-state index is 0.0833. The Labute approximate surface area is 89.4 Å². The third-order valence-electron chi connectivity index (χ3n) is 2.44. The Morgan fingerprint density at radius 2 is 1.86 bits per heavy atom. The lowest BCUT2D eigenvalue weighted by atomic mass is 9.69. The molecule has 0 saturated carbocycles. The van der Waals surface area contributed by atoms with Crippen LogP contribution in [0.1, 0.15) is 25.0 Å². The molecule has 0 unspecified atom stereocenters. The van der Waals surface area contributed by atoms with Gasteiger partial charge in [0.15, 0.2) is 0 Å². The summed E-state index contributed by atoms with van der Waals surface area (Å²) in [4.78, 5) is 9.29. The van der Waals surface area contributed by atoms with Crippen LogP contribution in [0.4, 0.5) is 0 Å². The third kappa shape index (κ3) is 2.10. The van der Waals surface area contributed by atoms with E-state index < -0.39 is 5.97 Å². The van der Waals surface area contributed by atoms with Crippen LogP contribution < -0.4 is 0 Å². The lowest BCUT2D eigenvalue weighted by Crippen LogP contribution is -2.26. The molecule has 1 N–H and O–H groups in total. The Kier molecular flexibility index (Phi) is 3.21. The number of thiol groups is 1.